The van der Waals surface area contributed by atoms with Crippen LogP contribution in [0.2, 0.25) is 0 Å². The van der Waals surface area contributed by atoms with Gasteiger partial charge >= 0.3 is 0 Å². The van der Waals surface area contributed by atoms with Gasteiger partial charge in [0, 0.05) is 23.3 Å². The van der Waals surface area contributed by atoms with Crippen molar-refractivity contribution in [3.05, 3.63) is 23.3 Å². The molecule has 0 aliphatic carbocycles. The van der Waals surface area contributed by atoms with Crippen molar-refractivity contribution in [1.29, 1.82) is 0 Å². The molecule has 0 aromatic heterocycles. The molecule has 0 unspecified atom stereocenters. The number of carbonyl (C=O) groups excluding carboxylic acids is 4. The second kappa shape index (κ2) is 4.32. The molecular weight excluding hydrogens is 224 g/mol. The molecule has 0 saturated heterocycles. The highest BCUT2D eigenvalue weighted by Crippen LogP contribution is 2.16. The SMILES string of the molecule is O=C1C=C(CCCC2=CC(=O)NC2=O)C(=O)N1. The van der Waals surface area contributed by atoms with Gasteiger partial charge in [0.1, 0.15) is 0 Å². The molecule has 17 heavy (non-hydrogen) atoms. The van der Waals surface area contributed by atoms with Crippen LogP contribution >= 0.6 is 0 Å². The topological polar surface area (TPSA) is 92.3 Å². The maximum absolute atomic E-state index is 11.2. The monoisotopic (exact) mass is 234 g/mol. The smallest absolute Gasteiger partial charge is 0.254 e. The molecule has 2 aliphatic heterocycles. The van der Waals surface area contributed by atoms with Gasteiger partial charge in [0.05, 0.1) is 0 Å². The number of hydrogen-bond acceptors (Lipinski definition) is 4. The molecule has 0 bridgehead atoms. The predicted octanol–water partition coefficient (Wildman–Crippen LogP) is -0.678. The lowest BCUT2D eigenvalue weighted by molar-refractivity contribution is -0.125. The van der Waals surface area contributed by atoms with Crippen LogP contribution in [-0.4, -0.2) is 23.6 Å². The summed E-state index contributed by atoms with van der Waals surface area (Å²) in [6.45, 7) is 0. The van der Waals surface area contributed by atoms with Gasteiger partial charge in [-0.25, -0.2) is 0 Å². The van der Waals surface area contributed by atoms with Crippen molar-refractivity contribution in [3.8, 4) is 0 Å². The summed E-state index contributed by atoms with van der Waals surface area (Å²) >= 11 is 0. The third-order valence-corrected chi connectivity index (χ3v) is 2.56. The zero-order valence-electron chi connectivity index (χ0n) is 8.91. The normalized spacial score (nSPS) is 19.1. The first-order valence-corrected chi connectivity index (χ1v) is 5.18. The van der Waals surface area contributed by atoms with E-state index in [-0.39, 0.29) is 11.8 Å². The Morgan fingerprint density at radius 2 is 1.18 bits per heavy atom. The zero-order valence-corrected chi connectivity index (χ0v) is 8.91. The quantitative estimate of drug-likeness (QED) is 0.630. The van der Waals surface area contributed by atoms with E-state index in [1.165, 1.54) is 12.2 Å². The molecule has 4 amide bonds. The summed E-state index contributed by atoms with van der Waals surface area (Å²) in [4.78, 5) is 44.1. The minimum atomic E-state index is -0.405. The summed E-state index contributed by atoms with van der Waals surface area (Å²) in [7, 11) is 0. The van der Waals surface area contributed by atoms with Crippen molar-refractivity contribution in [3.63, 3.8) is 0 Å². The van der Waals surface area contributed by atoms with Crippen LogP contribution in [0, 0.1) is 0 Å². The van der Waals surface area contributed by atoms with E-state index in [9.17, 15) is 19.2 Å². The summed E-state index contributed by atoms with van der Waals surface area (Å²) in [5.41, 5.74) is 0.834. The van der Waals surface area contributed by atoms with Gasteiger partial charge in [-0.1, -0.05) is 0 Å². The summed E-state index contributed by atoms with van der Waals surface area (Å²) < 4.78 is 0. The molecule has 0 aromatic rings. The molecule has 2 N–H and O–H groups in total. The number of hydrogen-bond donors (Lipinski definition) is 2. The van der Waals surface area contributed by atoms with Crippen molar-refractivity contribution >= 4 is 23.6 Å². The highest BCUT2D eigenvalue weighted by Gasteiger charge is 2.22. The van der Waals surface area contributed by atoms with E-state index in [1.54, 1.807) is 0 Å². The van der Waals surface area contributed by atoms with Gasteiger partial charge in [0.25, 0.3) is 23.6 Å². The minimum Gasteiger partial charge on any atom is -0.289 e. The number of amides is 4. The predicted molar refractivity (Wildman–Crippen MR) is 56.3 cm³/mol. The second-order valence-electron chi connectivity index (χ2n) is 3.83. The molecule has 0 fully saturated rings. The minimum absolute atomic E-state index is 0.379. The highest BCUT2D eigenvalue weighted by atomic mass is 16.2. The molecule has 88 valence electrons. The van der Waals surface area contributed by atoms with Gasteiger partial charge in [-0.15, -0.1) is 0 Å². The van der Waals surface area contributed by atoms with Crippen LogP contribution in [0.4, 0.5) is 0 Å². The van der Waals surface area contributed by atoms with Gasteiger partial charge in [0.15, 0.2) is 0 Å². The summed E-state index contributed by atoms with van der Waals surface area (Å²) in [6, 6.07) is 0. The number of rotatable bonds is 4. The number of carbonyl (C=O) groups is 4. The fourth-order valence-electron chi connectivity index (χ4n) is 1.74. The summed E-state index contributed by atoms with van der Waals surface area (Å²) in [5.74, 6) is -1.57. The van der Waals surface area contributed by atoms with E-state index < -0.39 is 11.8 Å². The summed E-state index contributed by atoms with van der Waals surface area (Å²) in [6.07, 6.45) is 3.89. The van der Waals surface area contributed by atoms with E-state index in [2.05, 4.69) is 10.6 Å². The van der Waals surface area contributed by atoms with Crippen molar-refractivity contribution < 1.29 is 19.2 Å². The van der Waals surface area contributed by atoms with Crippen molar-refractivity contribution in [2.24, 2.45) is 0 Å². The molecule has 2 rings (SSSR count). The Kier molecular flexibility index (Phi) is 2.86. The lowest BCUT2D eigenvalue weighted by Gasteiger charge is -2.00. The standard InChI is InChI=1S/C11H10N2O4/c14-8-4-6(10(16)12-8)2-1-3-7-5-9(15)13-11(7)17/h4-5H,1-3H2,(H,12,14,16)(H,13,15,17). The highest BCUT2D eigenvalue weighted by molar-refractivity contribution is 6.17. The van der Waals surface area contributed by atoms with Crippen molar-refractivity contribution in [1.82, 2.24) is 10.6 Å². The number of imide groups is 2. The van der Waals surface area contributed by atoms with Crippen molar-refractivity contribution in [2.45, 2.75) is 19.3 Å². The van der Waals surface area contributed by atoms with E-state index in [0.717, 1.165) is 0 Å². The molecule has 2 aliphatic rings. The molecular formula is C11H10N2O4. The molecule has 0 spiro atoms. The third-order valence-electron chi connectivity index (χ3n) is 2.56. The maximum atomic E-state index is 11.2. The number of nitrogens with one attached hydrogen (secondary N) is 2. The summed E-state index contributed by atoms with van der Waals surface area (Å²) in [5, 5.41) is 4.29. The Balaban J connectivity index is 1.85. The fraction of sp³-hybridized carbons (Fsp3) is 0.273. The van der Waals surface area contributed by atoms with Crippen LogP contribution in [0.1, 0.15) is 19.3 Å². The Morgan fingerprint density at radius 1 is 0.765 bits per heavy atom. The fourth-order valence-corrected chi connectivity index (χ4v) is 1.74. The van der Waals surface area contributed by atoms with Crippen LogP contribution < -0.4 is 10.6 Å². The average Bonchev–Trinajstić information content (AvgIpc) is 2.71. The van der Waals surface area contributed by atoms with E-state index in [0.29, 0.717) is 30.4 Å². The Hall–Kier alpha value is -2.24. The molecule has 2 heterocycles. The van der Waals surface area contributed by atoms with Gasteiger partial charge in [-0.3, -0.25) is 29.8 Å². The van der Waals surface area contributed by atoms with Crippen LogP contribution in [0.15, 0.2) is 23.3 Å². The molecule has 0 radical (unpaired) electrons. The van der Waals surface area contributed by atoms with Crippen LogP contribution in [0.3, 0.4) is 0 Å². The first-order chi connectivity index (χ1) is 8.06. The van der Waals surface area contributed by atoms with E-state index >= 15 is 0 Å². The third kappa shape index (κ3) is 2.47. The molecule has 0 aromatic carbocycles. The largest absolute Gasteiger partial charge is 0.289 e. The first kappa shape index (κ1) is 11.3. The molecule has 6 nitrogen and oxygen atoms in total. The second-order valence-corrected chi connectivity index (χ2v) is 3.83. The van der Waals surface area contributed by atoms with Crippen LogP contribution in [0.5, 0.6) is 0 Å². The van der Waals surface area contributed by atoms with Crippen LogP contribution in [0.25, 0.3) is 0 Å². The van der Waals surface area contributed by atoms with E-state index in [4.69, 9.17) is 0 Å². The Labute approximate surface area is 96.7 Å². The van der Waals surface area contributed by atoms with Gasteiger partial charge in [-0.05, 0) is 19.3 Å². The van der Waals surface area contributed by atoms with Gasteiger partial charge < -0.3 is 0 Å². The van der Waals surface area contributed by atoms with E-state index in [1.807, 2.05) is 0 Å². The first-order valence-electron chi connectivity index (χ1n) is 5.18. The van der Waals surface area contributed by atoms with Crippen LogP contribution in [-0.2, 0) is 19.2 Å². The Morgan fingerprint density at radius 3 is 1.47 bits per heavy atom. The lowest BCUT2D eigenvalue weighted by atomic mass is 10.0. The van der Waals surface area contributed by atoms with Crippen molar-refractivity contribution in [2.75, 3.05) is 0 Å². The Bertz CT molecular complexity index is 444. The molecule has 0 atom stereocenters. The molecule has 0 saturated carbocycles. The zero-order chi connectivity index (χ0) is 12.4. The lowest BCUT2D eigenvalue weighted by Crippen LogP contribution is -2.22. The van der Waals surface area contributed by atoms with Gasteiger partial charge in [-0.2, -0.15) is 0 Å². The average molecular weight is 234 g/mol. The maximum Gasteiger partial charge on any atom is 0.254 e. The molecule has 6 heteroatoms. The van der Waals surface area contributed by atoms with Gasteiger partial charge in [0.2, 0.25) is 0 Å².